The Balaban J connectivity index is 1.69. The number of nitrogens with zero attached hydrogens (tertiary/aromatic N) is 2. The van der Waals surface area contributed by atoms with Gasteiger partial charge < -0.3 is 9.84 Å². The maximum absolute atomic E-state index is 13.5. The van der Waals surface area contributed by atoms with E-state index in [1.165, 1.54) is 16.2 Å². The number of anilines is 1. The number of Topliss-reactive ketones (excluding diaryl/α,β-unsaturated/α-hetero) is 1. The highest BCUT2D eigenvalue weighted by Crippen LogP contribution is 2.44. The van der Waals surface area contributed by atoms with Gasteiger partial charge in [0, 0.05) is 10.4 Å². The fourth-order valence-corrected chi connectivity index (χ4v) is 5.66. The van der Waals surface area contributed by atoms with Crippen molar-refractivity contribution in [2.75, 3.05) is 12.0 Å². The summed E-state index contributed by atoms with van der Waals surface area (Å²) in [5.74, 6) is -0.908. The van der Waals surface area contributed by atoms with Gasteiger partial charge in [-0.3, -0.25) is 14.5 Å². The van der Waals surface area contributed by atoms with Crippen LogP contribution in [0.15, 0.2) is 66.2 Å². The van der Waals surface area contributed by atoms with Gasteiger partial charge in [0.05, 0.1) is 24.4 Å². The van der Waals surface area contributed by atoms with Gasteiger partial charge in [0.2, 0.25) is 0 Å². The van der Waals surface area contributed by atoms with E-state index in [0.29, 0.717) is 10.7 Å². The van der Waals surface area contributed by atoms with Gasteiger partial charge in [0.1, 0.15) is 11.5 Å². The smallest absolute Gasteiger partial charge is 0.301 e. The third kappa shape index (κ3) is 4.37. The first kappa shape index (κ1) is 25.7. The third-order valence-electron chi connectivity index (χ3n) is 7.08. The average Bonchev–Trinajstić information content (AvgIpc) is 3.36. The van der Waals surface area contributed by atoms with E-state index in [1.807, 2.05) is 68.4 Å². The number of hydrogen-bond donors (Lipinski definition) is 1. The molecule has 0 spiro atoms. The minimum atomic E-state index is -0.805. The zero-order valence-corrected chi connectivity index (χ0v) is 23.1. The molecule has 1 atom stereocenters. The van der Waals surface area contributed by atoms with Crippen molar-refractivity contribution in [2.24, 2.45) is 0 Å². The Morgan fingerprint density at radius 3 is 2.24 bits per heavy atom. The number of ketones is 1. The largest absolute Gasteiger partial charge is 0.507 e. The summed E-state index contributed by atoms with van der Waals surface area (Å²) < 4.78 is 5.31. The lowest BCUT2D eigenvalue weighted by Gasteiger charge is -2.25. The molecule has 1 unspecified atom stereocenters. The molecule has 6 nitrogen and oxygen atoms in total. The normalized spacial score (nSPS) is 17.4. The predicted molar refractivity (Wildman–Crippen MR) is 152 cm³/mol. The topological polar surface area (TPSA) is 79.7 Å². The molecule has 1 N–H and O–H groups in total. The molecule has 0 bridgehead atoms. The second-order valence-corrected chi connectivity index (χ2v) is 11.8. The molecule has 3 aromatic carbocycles. The average molecular weight is 527 g/mol. The number of methoxy groups -OCH3 is 1. The first-order valence-corrected chi connectivity index (χ1v) is 13.2. The van der Waals surface area contributed by atoms with Crippen LogP contribution in [-0.4, -0.2) is 28.9 Å². The van der Waals surface area contributed by atoms with Crippen molar-refractivity contribution in [2.45, 2.75) is 46.1 Å². The highest BCUT2D eigenvalue weighted by atomic mass is 32.1. The van der Waals surface area contributed by atoms with Gasteiger partial charge in [-0.25, -0.2) is 4.98 Å². The van der Waals surface area contributed by atoms with Gasteiger partial charge in [-0.15, -0.1) is 11.3 Å². The van der Waals surface area contributed by atoms with Gasteiger partial charge in [-0.1, -0.05) is 63.2 Å². The fraction of sp³-hybridized carbons (Fsp3) is 0.258. The summed E-state index contributed by atoms with van der Waals surface area (Å²) in [5.41, 5.74) is 3.12. The summed E-state index contributed by atoms with van der Waals surface area (Å²) in [6.07, 6.45) is 0. The van der Waals surface area contributed by atoms with E-state index in [2.05, 4.69) is 25.8 Å². The fourth-order valence-electron chi connectivity index (χ4n) is 4.72. The first-order chi connectivity index (χ1) is 18.0. The third-order valence-corrected chi connectivity index (χ3v) is 8.15. The van der Waals surface area contributed by atoms with Crippen molar-refractivity contribution in [3.63, 3.8) is 0 Å². The van der Waals surface area contributed by atoms with Gasteiger partial charge in [0.25, 0.3) is 5.78 Å². The quantitative estimate of drug-likeness (QED) is 0.179. The van der Waals surface area contributed by atoms with Crippen LogP contribution in [0, 0.1) is 13.8 Å². The summed E-state index contributed by atoms with van der Waals surface area (Å²) in [6.45, 7) is 10.2. The zero-order valence-electron chi connectivity index (χ0n) is 22.3. The van der Waals surface area contributed by atoms with Crippen LogP contribution in [0.25, 0.3) is 16.5 Å². The van der Waals surface area contributed by atoms with Crippen LogP contribution in [0.5, 0.6) is 5.75 Å². The Labute approximate surface area is 226 Å². The molecular weight excluding hydrogens is 496 g/mol. The van der Waals surface area contributed by atoms with Crippen molar-refractivity contribution in [1.29, 1.82) is 0 Å². The Hall–Kier alpha value is -3.97. The number of thiazole rings is 1. The molecule has 1 fully saturated rings. The van der Waals surface area contributed by atoms with Gasteiger partial charge in [0.15, 0.2) is 5.13 Å². The Kier molecular flexibility index (Phi) is 6.35. The maximum Gasteiger partial charge on any atom is 0.301 e. The number of carbonyl (C=O) groups excluding carboxylic acids is 2. The molecule has 2 heterocycles. The number of amides is 1. The predicted octanol–water partition coefficient (Wildman–Crippen LogP) is 6.85. The second-order valence-electron chi connectivity index (χ2n) is 10.6. The van der Waals surface area contributed by atoms with Crippen molar-refractivity contribution in [3.8, 4) is 5.75 Å². The number of benzene rings is 3. The molecule has 1 saturated heterocycles. The zero-order chi connectivity index (χ0) is 27.4. The molecule has 1 aliphatic rings. The molecule has 1 aromatic heterocycles. The minimum Gasteiger partial charge on any atom is -0.507 e. The van der Waals surface area contributed by atoms with Crippen LogP contribution >= 0.6 is 11.3 Å². The van der Waals surface area contributed by atoms with Crippen molar-refractivity contribution >= 4 is 44.7 Å². The molecule has 1 aliphatic heterocycles. The van der Waals surface area contributed by atoms with Crippen LogP contribution in [0.2, 0.25) is 0 Å². The number of aliphatic hydroxyl groups excluding tert-OH is 1. The number of fused-ring (bicyclic) bond motifs is 1. The van der Waals surface area contributed by atoms with Crippen LogP contribution in [-0.2, 0) is 15.0 Å². The summed E-state index contributed by atoms with van der Waals surface area (Å²) >= 11 is 1.36. The van der Waals surface area contributed by atoms with E-state index >= 15 is 0 Å². The number of carbonyl (C=O) groups is 2. The van der Waals surface area contributed by atoms with Gasteiger partial charge in [-0.05, 0) is 59.4 Å². The monoisotopic (exact) mass is 526 g/mol. The molecular formula is C31H30N2O4S. The Morgan fingerprint density at radius 1 is 0.974 bits per heavy atom. The lowest BCUT2D eigenvalue weighted by atomic mass is 9.85. The summed E-state index contributed by atoms with van der Waals surface area (Å²) in [7, 11) is 1.61. The number of ether oxygens (including phenoxy) is 1. The standard InChI is InChI=1S/C31H30N2O4S/c1-17-18(2)38-30(32-17)33-26(19-9-12-23(13-10-19)31(3,4)5)25(28(35)29(33)36)27(34)22-8-7-21-16-24(37-6)14-11-20(21)15-22/h7-16,26,34H,1-6H3/b27-25+. The number of hydrogen-bond acceptors (Lipinski definition) is 6. The lowest BCUT2D eigenvalue weighted by Crippen LogP contribution is -2.29. The van der Waals surface area contributed by atoms with E-state index in [0.717, 1.165) is 38.2 Å². The SMILES string of the molecule is COc1ccc2cc(/C(O)=C3\C(=O)C(=O)N(c4nc(C)c(C)s4)C3c3ccc(C(C)(C)C)cc3)ccc2c1. The minimum absolute atomic E-state index is 0.0527. The van der Waals surface area contributed by atoms with Crippen molar-refractivity contribution in [3.05, 3.63) is 93.5 Å². The molecule has 1 amide bonds. The first-order valence-electron chi connectivity index (χ1n) is 12.4. The molecule has 0 radical (unpaired) electrons. The van der Waals surface area contributed by atoms with E-state index in [-0.39, 0.29) is 16.7 Å². The van der Waals surface area contributed by atoms with Crippen LogP contribution in [0.3, 0.4) is 0 Å². The number of aliphatic hydroxyl groups is 1. The molecule has 0 saturated carbocycles. The highest BCUT2D eigenvalue weighted by Gasteiger charge is 2.48. The molecule has 0 aliphatic carbocycles. The Morgan fingerprint density at radius 2 is 1.63 bits per heavy atom. The number of rotatable bonds is 4. The molecule has 194 valence electrons. The van der Waals surface area contributed by atoms with Gasteiger partial charge >= 0.3 is 5.91 Å². The number of aryl methyl sites for hydroxylation is 2. The van der Waals surface area contributed by atoms with E-state index in [4.69, 9.17) is 4.74 Å². The van der Waals surface area contributed by atoms with Crippen molar-refractivity contribution < 1.29 is 19.4 Å². The van der Waals surface area contributed by atoms with E-state index in [1.54, 1.807) is 13.2 Å². The van der Waals surface area contributed by atoms with E-state index < -0.39 is 17.7 Å². The molecule has 5 rings (SSSR count). The highest BCUT2D eigenvalue weighted by molar-refractivity contribution is 7.16. The van der Waals surface area contributed by atoms with E-state index in [9.17, 15) is 14.7 Å². The maximum atomic E-state index is 13.5. The van der Waals surface area contributed by atoms with Crippen LogP contribution < -0.4 is 9.64 Å². The number of aromatic nitrogens is 1. The molecule has 4 aromatic rings. The molecule has 7 heteroatoms. The molecule has 38 heavy (non-hydrogen) atoms. The van der Waals surface area contributed by atoms with Crippen LogP contribution in [0.1, 0.15) is 54.1 Å². The Bertz CT molecular complexity index is 1590. The summed E-state index contributed by atoms with van der Waals surface area (Å²) in [5, 5.41) is 13.8. The van der Waals surface area contributed by atoms with Gasteiger partial charge in [-0.2, -0.15) is 0 Å². The lowest BCUT2D eigenvalue weighted by molar-refractivity contribution is -0.132. The summed E-state index contributed by atoms with van der Waals surface area (Å²) in [4.78, 5) is 33.9. The summed E-state index contributed by atoms with van der Waals surface area (Å²) in [6, 6.07) is 18.1. The second kappa shape index (κ2) is 9.40. The van der Waals surface area contributed by atoms with Crippen molar-refractivity contribution in [1.82, 2.24) is 4.98 Å². The van der Waals surface area contributed by atoms with Crippen LogP contribution in [0.4, 0.5) is 5.13 Å².